The fourth-order valence-electron chi connectivity index (χ4n) is 3.46. The van der Waals surface area contributed by atoms with E-state index in [2.05, 4.69) is 33.2 Å². The van der Waals surface area contributed by atoms with Crippen LogP contribution in [0.3, 0.4) is 0 Å². The average molecular weight is 350 g/mol. The van der Waals surface area contributed by atoms with Crippen molar-refractivity contribution in [2.75, 3.05) is 31.1 Å². The van der Waals surface area contributed by atoms with Crippen LogP contribution >= 0.6 is 0 Å². The van der Waals surface area contributed by atoms with Crippen molar-refractivity contribution in [2.45, 2.75) is 13.0 Å². The number of aromatic nitrogens is 2. The van der Waals surface area contributed by atoms with E-state index >= 15 is 0 Å². The Balaban J connectivity index is 1.38. The zero-order chi connectivity index (χ0) is 17.8. The van der Waals surface area contributed by atoms with Crippen molar-refractivity contribution in [3.05, 3.63) is 78.4 Å². The molecule has 5 heteroatoms. The van der Waals surface area contributed by atoms with Crippen LogP contribution in [0.15, 0.2) is 67.0 Å². The Morgan fingerprint density at radius 3 is 2.46 bits per heavy atom. The molecule has 1 aliphatic heterocycles. The van der Waals surface area contributed by atoms with Crippen LogP contribution in [0.25, 0.3) is 5.69 Å². The lowest BCUT2D eigenvalue weighted by Crippen LogP contribution is -2.30. The van der Waals surface area contributed by atoms with Gasteiger partial charge in [0, 0.05) is 50.2 Å². The van der Waals surface area contributed by atoms with Crippen LogP contribution in [0.5, 0.6) is 0 Å². The van der Waals surface area contributed by atoms with Gasteiger partial charge < -0.3 is 4.90 Å². The highest BCUT2D eigenvalue weighted by atomic mass is 19.1. The van der Waals surface area contributed by atoms with E-state index in [4.69, 9.17) is 0 Å². The summed E-state index contributed by atoms with van der Waals surface area (Å²) >= 11 is 0. The second-order valence-electron chi connectivity index (χ2n) is 6.72. The van der Waals surface area contributed by atoms with Crippen molar-refractivity contribution in [3.63, 3.8) is 0 Å². The highest BCUT2D eigenvalue weighted by Crippen LogP contribution is 2.18. The SMILES string of the molecule is Fc1ccc(N2CCCN(Cc3cnn(-c4ccccc4)c3)CC2)cc1. The molecule has 3 aromatic rings. The van der Waals surface area contributed by atoms with E-state index in [9.17, 15) is 4.39 Å². The Hall–Kier alpha value is -2.66. The van der Waals surface area contributed by atoms with Gasteiger partial charge in [0.05, 0.1) is 11.9 Å². The third-order valence-electron chi connectivity index (χ3n) is 4.84. The summed E-state index contributed by atoms with van der Waals surface area (Å²) in [5.41, 5.74) is 3.41. The van der Waals surface area contributed by atoms with Gasteiger partial charge in [-0.05, 0) is 42.8 Å². The van der Waals surface area contributed by atoms with Gasteiger partial charge in [-0.1, -0.05) is 18.2 Å². The van der Waals surface area contributed by atoms with Crippen LogP contribution in [0.2, 0.25) is 0 Å². The lowest BCUT2D eigenvalue weighted by atomic mass is 10.2. The minimum Gasteiger partial charge on any atom is -0.370 e. The molecule has 0 saturated carbocycles. The van der Waals surface area contributed by atoms with Gasteiger partial charge in [0.15, 0.2) is 0 Å². The predicted molar refractivity (Wildman–Crippen MR) is 102 cm³/mol. The quantitative estimate of drug-likeness (QED) is 0.717. The van der Waals surface area contributed by atoms with E-state index in [0.29, 0.717) is 0 Å². The number of hydrogen-bond donors (Lipinski definition) is 0. The molecule has 0 aliphatic carbocycles. The van der Waals surface area contributed by atoms with E-state index in [-0.39, 0.29) is 5.82 Å². The molecule has 0 unspecified atom stereocenters. The molecule has 134 valence electrons. The molecule has 4 nitrogen and oxygen atoms in total. The molecule has 2 aromatic carbocycles. The number of para-hydroxylation sites is 1. The van der Waals surface area contributed by atoms with Gasteiger partial charge in [-0.15, -0.1) is 0 Å². The second kappa shape index (κ2) is 7.70. The van der Waals surface area contributed by atoms with Gasteiger partial charge in [-0.3, -0.25) is 4.90 Å². The molecule has 1 fully saturated rings. The lowest BCUT2D eigenvalue weighted by molar-refractivity contribution is 0.285. The van der Waals surface area contributed by atoms with Crippen molar-refractivity contribution >= 4 is 5.69 Å². The first-order valence-electron chi connectivity index (χ1n) is 9.10. The Morgan fingerprint density at radius 1 is 0.846 bits per heavy atom. The molecule has 4 rings (SSSR count). The maximum atomic E-state index is 13.1. The zero-order valence-electron chi connectivity index (χ0n) is 14.8. The zero-order valence-corrected chi connectivity index (χ0v) is 14.8. The van der Waals surface area contributed by atoms with Crippen molar-refractivity contribution in [2.24, 2.45) is 0 Å². The third-order valence-corrected chi connectivity index (χ3v) is 4.84. The topological polar surface area (TPSA) is 24.3 Å². The number of rotatable bonds is 4. The van der Waals surface area contributed by atoms with Crippen LogP contribution in [0.4, 0.5) is 10.1 Å². The fourth-order valence-corrected chi connectivity index (χ4v) is 3.46. The molecule has 0 bridgehead atoms. The van der Waals surface area contributed by atoms with Crippen LogP contribution in [0, 0.1) is 5.82 Å². The molecule has 0 amide bonds. The maximum absolute atomic E-state index is 13.1. The largest absolute Gasteiger partial charge is 0.370 e. The third kappa shape index (κ3) is 3.94. The van der Waals surface area contributed by atoms with Gasteiger partial charge in [0.25, 0.3) is 0 Å². The van der Waals surface area contributed by atoms with Crippen molar-refractivity contribution < 1.29 is 4.39 Å². The van der Waals surface area contributed by atoms with Gasteiger partial charge >= 0.3 is 0 Å². The molecule has 1 aliphatic rings. The van der Waals surface area contributed by atoms with Gasteiger partial charge in [-0.25, -0.2) is 9.07 Å². The first kappa shape index (κ1) is 16.8. The molecule has 1 aromatic heterocycles. The number of hydrogen-bond acceptors (Lipinski definition) is 3. The van der Waals surface area contributed by atoms with E-state index in [1.165, 1.54) is 17.7 Å². The van der Waals surface area contributed by atoms with Gasteiger partial charge in [0.2, 0.25) is 0 Å². The van der Waals surface area contributed by atoms with E-state index in [1.54, 1.807) is 0 Å². The molecule has 0 N–H and O–H groups in total. The van der Waals surface area contributed by atoms with Crippen LogP contribution < -0.4 is 4.90 Å². The fraction of sp³-hybridized carbons (Fsp3) is 0.286. The smallest absolute Gasteiger partial charge is 0.123 e. The Labute approximate surface area is 153 Å². The summed E-state index contributed by atoms with van der Waals surface area (Å²) in [4.78, 5) is 4.81. The molecule has 1 saturated heterocycles. The highest BCUT2D eigenvalue weighted by Gasteiger charge is 2.16. The Bertz CT molecular complexity index is 829. The van der Waals surface area contributed by atoms with E-state index in [0.717, 1.165) is 50.5 Å². The molecular weight excluding hydrogens is 327 g/mol. The van der Waals surface area contributed by atoms with Gasteiger partial charge in [-0.2, -0.15) is 5.10 Å². The minimum absolute atomic E-state index is 0.180. The first-order chi connectivity index (χ1) is 12.8. The number of halogens is 1. The van der Waals surface area contributed by atoms with E-state index < -0.39 is 0 Å². The summed E-state index contributed by atoms with van der Waals surface area (Å²) in [6, 6.07) is 17.0. The van der Waals surface area contributed by atoms with Crippen molar-refractivity contribution in [1.29, 1.82) is 0 Å². The van der Waals surface area contributed by atoms with Crippen LogP contribution in [-0.2, 0) is 6.54 Å². The average Bonchev–Trinajstić information content (AvgIpc) is 3.02. The Morgan fingerprint density at radius 2 is 1.65 bits per heavy atom. The standard InChI is InChI=1S/C21H23FN4/c22-19-7-9-20(10-8-19)25-12-4-11-24(13-14-25)16-18-15-23-26(17-18)21-5-2-1-3-6-21/h1-3,5-10,15,17H,4,11-14,16H2. The highest BCUT2D eigenvalue weighted by molar-refractivity contribution is 5.46. The summed E-state index contributed by atoms with van der Waals surface area (Å²) in [5.74, 6) is -0.180. The molecule has 26 heavy (non-hydrogen) atoms. The lowest BCUT2D eigenvalue weighted by Gasteiger charge is -2.23. The minimum atomic E-state index is -0.180. The normalized spacial score (nSPS) is 15.8. The molecule has 0 atom stereocenters. The van der Waals surface area contributed by atoms with Crippen molar-refractivity contribution in [1.82, 2.24) is 14.7 Å². The molecular formula is C21H23FN4. The monoisotopic (exact) mass is 350 g/mol. The van der Waals surface area contributed by atoms with Crippen LogP contribution in [-0.4, -0.2) is 40.9 Å². The second-order valence-corrected chi connectivity index (χ2v) is 6.72. The van der Waals surface area contributed by atoms with Gasteiger partial charge in [0.1, 0.15) is 5.82 Å². The number of anilines is 1. The number of benzene rings is 2. The number of nitrogens with zero attached hydrogens (tertiary/aromatic N) is 4. The summed E-state index contributed by atoms with van der Waals surface area (Å²) in [6.45, 7) is 4.93. The van der Waals surface area contributed by atoms with Crippen molar-refractivity contribution in [3.8, 4) is 5.69 Å². The summed E-state index contributed by atoms with van der Waals surface area (Å²) in [5, 5.41) is 4.49. The predicted octanol–water partition coefficient (Wildman–Crippen LogP) is 3.72. The summed E-state index contributed by atoms with van der Waals surface area (Å²) in [6.07, 6.45) is 5.16. The molecule has 0 spiro atoms. The molecule has 0 radical (unpaired) electrons. The summed E-state index contributed by atoms with van der Waals surface area (Å²) < 4.78 is 15.1. The van der Waals surface area contributed by atoms with Crippen LogP contribution in [0.1, 0.15) is 12.0 Å². The van der Waals surface area contributed by atoms with E-state index in [1.807, 2.05) is 41.2 Å². The first-order valence-corrected chi connectivity index (χ1v) is 9.10. The molecule has 2 heterocycles. The summed E-state index contributed by atoms with van der Waals surface area (Å²) in [7, 11) is 0. The maximum Gasteiger partial charge on any atom is 0.123 e. The Kier molecular flexibility index (Phi) is 4.97.